The number of halogens is 1. The van der Waals surface area contributed by atoms with Crippen LogP contribution in [0.4, 0.5) is 4.39 Å². The average molecular weight is 469 g/mol. The van der Waals surface area contributed by atoms with Crippen molar-refractivity contribution in [1.82, 2.24) is 9.80 Å². The standard InChI is InChI=1S/C27H33FN2O4/c1-6-34-22-13-10-19(16-21(22)17(2)3)25(31)23-24(18-8-11-20(28)12-9-18)30(27(33)26(23)32)15-7-14-29(4)5/h8-13,16-17,24,31H,6-7,14-15H2,1-5H3/b25-23-. The Bertz CT molecular complexity index is 1080. The largest absolute Gasteiger partial charge is 0.507 e. The first-order valence-electron chi connectivity index (χ1n) is 11.6. The van der Waals surface area contributed by atoms with Crippen LogP contribution in [0.25, 0.3) is 5.76 Å². The summed E-state index contributed by atoms with van der Waals surface area (Å²) in [4.78, 5) is 29.6. The molecular formula is C27H33FN2O4. The van der Waals surface area contributed by atoms with Crippen LogP contribution in [0.15, 0.2) is 48.0 Å². The van der Waals surface area contributed by atoms with E-state index >= 15 is 0 Å². The Kier molecular flexibility index (Phi) is 8.10. The van der Waals surface area contributed by atoms with Gasteiger partial charge in [-0.3, -0.25) is 9.59 Å². The fourth-order valence-corrected chi connectivity index (χ4v) is 4.25. The van der Waals surface area contributed by atoms with E-state index in [2.05, 4.69) is 0 Å². The fourth-order valence-electron chi connectivity index (χ4n) is 4.25. The number of aliphatic hydroxyl groups is 1. The zero-order valence-corrected chi connectivity index (χ0v) is 20.5. The molecule has 1 fully saturated rings. The van der Waals surface area contributed by atoms with E-state index in [-0.39, 0.29) is 17.3 Å². The molecule has 0 aromatic heterocycles. The topological polar surface area (TPSA) is 70.1 Å². The number of carbonyl (C=O) groups excluding carboxylic acids is 2. The van der Waals surface area contributed by atoms with Gasteiger partial charge in [0, 0.05) is 12.1 Å². The van der Waals surface area contributed by atoms with E-state index in [1.165, 1.54) is 17.0 Å². The highest BCUT2D eigenvalue weighted by atomic mass is 19.1. The van der Waals surface area contributed by atoms with Crippen LogP contribution in [0.5, 0.6) is 5.75 Å². The third-order valence-electron chi connectivity index (χ3n) is 5.94. The van der Waals surface area contributed by atoms with Gasteiger partial charge in [-0.1, -0.05) is 26.0 Å². The Morgan fingerprint density at radius 3 is 2.41 bits per heavy atom. The minimum atomic E-state index is -0.795. The van der Waals surface area contributed by atoms with E-state index in [0.717, 1.165) is 12.1 Å². The second-order valence-corrected chi connectivity index (χ2v) is 9.04. The summed E-state index contributed by atoms with van der Waals surface area (Å²) in [5.74, 6) is -1.22. The molecule has 0 radical (unpaired) electrons. The molecule has 1 saturated heterocycles. The molecule has 1 unspecified atom stereocenters. The van der Waals surface area contributed by atoms with Crippen LogP contribution in [0.2, 0.25) is 0 Å². The van der Waals surface area contributed by atoms with Gasteiger partial charge in [0.1, 0.15) is 17.3 Å². The minimum Gasteiger partial charge on any atom is -0.507 e. The number of benzene rings is 2. The van der Waals surface area contributed by atoms with Crippen LogP contribution in [0.1, 0.15) is 55.8 Å². The van der Waals surface area contributed by atoms with Crippen LogP contribution < -0.4 is 4.74 Å². The molecule has 2 aromatic rings. The lowest BCUT2D eigenvalue weighted by Gasteiger charge is -2.26. The molecule has 6 nitrogen and oxygen atoms in total. The van der Waals surface area contributed by atoms with Crippen molar-refractivity contribution in [2.45, 2.75) is 39.2 Å². The number of rotatable bonds is 9. The molecule has 2 aromatic carbocycles. The van der Waals surface area contributed by atoms with Gasteiger partial charge in [-0.2, -0.15) is 0 Å². The normalized spacial score (nSPS) is 17.8. The van der Waals surface area contributed by atoms with Gasteiger partial charge in [0.25, 0.3) is 11.7 Å². The summed E-state index contributed by atoms with van der Waals surface area (Å²) in [6.45, 7) is 7.51. The number of aliphatic hydroxyl groups excluding tert-OH is 1. The Labute approximate surface area is 200 Å². The lowest BCUT2D eigenvalue weighted by atomic mass is 9.93. The van der Waals surface area contributed by atoms with E-state index in [0.29, 0.717) is 36.4 Å². The van der Waals surface area contributed by atoms with Gasteiger partial charge < -0.3 is 19.6 Å². The van der Waals surface area contributed by atoms with Crippen LogP contribution in [-0.2, 0) is 9.59 Å². The summed E-state index contributed by atoms with van der Waals surface area (Å²) in [5, 5.41) is 11.3. The number of likely N-dealkylation sites (tertiary alicyclic amines) is 1. The molecule has 34 heavy (non-hydrogen) atoms. The van der Waals surface area contributed by atoms with E-state index in [4.69, 9.17) is 4.74 Å². The first kappa shape index (κ1) is 25.4. The van der Waals surface area contributed by atoms with E-state index in [9.17, 15) is 19.1 Å². The average Bonchev–Trinajstić information content (AvgIpc) is 3.04. The number of ether oxygens (including phenoxy) is 1. The predicted octanol–water partition coefficient (Wildman–Crippen LogP) is 4.72. The smallest absolute Gasteiger partial charge is 0.295 e. The Hall–Kier alpha value is -3.19. The Balaban J connectivity index is 2.12. The summed E-state index contributed by atoms with van der Waals surface area (Å²) >= 11 is 0. The Morgan fingerprint density at radius 2 is 1.82 bits per heavy atom. The van der Waals surface area contributed by atoms with Crippen LogP contribution in [-0.4, -0.2) is 60.4 Å². The van der Waals surface area contributed by atoms with Gasteiger partial charge in [-0.25, -0.2) is 4.39 Å². The number of ketones is 1. The van der Waals surface area contributed by atoms with E-state index in [1.54, 1.807) is 30.3 Å². The highest BCUT2D eigenvalue weighted by Gasteiger charge is 2.45. The van der Waals surface area contributed by atoms with Crippen molar-refractivity contribution in [3.8, 4) is 5.75 Å². The minimum absolute atomic E-state index is 0.0142. The zero-order chi connectivity index (χ0) is 25.0. The van der Waals surface area contributed by atoms with Gasteiger partial charge >= 0.3 is 0 Å². The molecule has 1 heterocycles. The number of carbonyl (C=O) groups is 2. The SMILES string of the molecule is CCOc1ccc(/C(O)=C2/C(=O)C(=O)N(CCCN(C)C)C2c2ccc(F)cc2)cc1C(C)C. The number of Topliss-reactive ketones (excluding diaryl/α,β-unsaturated/α-hetero) is 1. The first-order valence-corrected chi connectivity index (χ1v) is 11.6. The molecule has 7 heteroatoms. The highest BCUT2D eigenvalue weighted by molar-refractivity contribution is 6.46. The van der Waals surface area contributed by atoms with Crippen molar-refractivity contribution in [3.05, 3.63) is 70.5 Å². The number of hydrogen-bond donors (Lipinski definition) is 1. The maximum atomic E-state index is 13.6. The lowest BCUT2D eigenvalue weighted by molar-refractivity contribution is -0.139. The van der Waals surface area contributed by atoms with Crippen molar-refractivity contribution in [3.63, 3.8) is 0 Å². The third-order valence-corrected chi connectivity index (χ3v) is 5.94. The number of hydrogen-bond acceptors (Lipinski definition) is 5. The molecule has 3 rings (SSSR count). The van der Waals surface area contributed by atoms with Crippen molar-refractivity contribution < 1.29 is 23.8 Å². The fraction of sp³-hybridized carbons (Fsp3) is 0.407. The second-order valence-electron chi connectivity index (χ2n) is 9.04. The van der Waals surface area contributed by atoms with Crippen LogP contribution in [0.3, 0.4) is 0 Å². The first-order chi connectivity index (χ1) is 16.1. The van der Waals surface area contributed by atoms with Crippen molar-refractivity contribution in [1.29, 1.82) is 0 Å². The molecule has 1 amide bonds. The van der Waals surface area contributed by atoms with Gasteiger partial charge in [0.15, 0.2) is 0 Å². The molecule has 1 atom stereocenters. The molecule has 0 aliphatic carbocycles. The molecule has 182 valence electrons. The summed E-state index contributed by atoms with van der Waals surface area (Å²) in [5.41, 5.74) is 1.91. The van der Waals surface area contributed by atoms with Crippen LogP contribution in [0, 0.1) is 5.82 Å². The monoisotopic (exact) mass is 468 g/mol. The second kappa shape index (κ2) is 10.8. The van der Waals surface area contributed by atoms with E-state index < -0.39 is 23.5 Å². The quantitative estimate of drug-likeness (QED) is 0.328. The molecule has 1 aliphatic heterocycles. The van der Waals surface area contributed by atoms with Gasteiger partial charge in [0.2, 0.25) is 0 Å². The summed E-state index contributed by atoms with van der Waals surface area (Å²) in [6.07, 6.45) is 0.651. The van der Waals surface area contributed by atoms with Crippen molar-refractivity contribution >= 4 is 17.4 Å². The summed E-state index contributed by atoms with van der Waals surface area (Å²) in [6, 6.07) is 10.2. The Morgan fingerprint density at radius 1 is 1.15 bits per heavy atom. The predicted molar refractivity (Wildman–Crippen MR) is 130 cm³/mol. The third kappa shape index (κ3) is 5.30. The van der Waals surface area contributed by atoms with Gasteiger partial charge in [-0.15, -0.1) is 0 Å². The molecule has 1 aliphatic rings. The highest BCUT2D eigenvalue weighted by Crippen LogP contribution is 2.40. The molecule has 0 saturated carbocycles. The zero-order valence-electron chi connectivity index (χ0n) is 20.5. The number of nitrogens with zero attached hydrogens (tertiary/aromatic N) is 2. The maximum absolute atomic E-state index is 13.6. The lowest BCUT2D eigenvalue weighted by Crippen LogP contribution is -2.32. The molecule has 0 bridgehead atoms. The van der Waals surface area contributed by atoms with Gasteiger partial charge in [0.05, 0.1) is 18.2 Å². The molecule has 1 N–H and O–H groups in total. The molecular weight excluding hydrogens is 435 g/mol. The van der Waals surface area contributed by atoms with Gasteiger partial charge in [-0.05, 0) is 81.4 Å². The maximum Gasteiger partial charge on any atom is 0.295 e. The van der Waals surface area contributed by atoms with Crippen molar-refractivity contribution in [2.75, 3.05) is 33.8 Å². The van der Waals surface area contributed by atoms with Crippen LogP contribution >= 0.6 is 0 Å². The summed E-state index contributed by atoms with van der Waals surface area (Å²) < 4.78 is 19.3. The molecule has 0 spiro atoms. The van der Waals surface area contributed by atoms with E-state index in [1.807, 2.05) is 39.8 Å². The van der Waals surface area contributed by atoms with Crippen molar-refractivity contribution in [2.24, 2.45) is 0 Å². The summed E-state index contributed by atoms with van der Waals surface area (Å²) in [7, 11) is 3.87. The number of amides is 1.